The number of nitrogens with zero attached hydrogens (tertiary/aromatic N) is 4. The van der Waals surface area contributed by atoms with E-state index < -0.39 is 15.8 Å². The van der Waals surface area contributed by atoms with Crippen molar-refractivity contribution in [2.45, 2.75) is 11.0 Å². The Bertz CT molecular complexity index is 1580. The highest BCUT2D eigenvalue weighted by molar-refractivity contribution is 7.92. The van der Waals surface area contributed by atoms with Gasteiger partial charge in [0.1, 0.15) is 6.10 Å². The predicted molar refractivity (Wildman–Crippen MR) is 137 cm³/mol. The molecule has 2 aromatic heterocycles. The molecule has 4 aromatic rings. The molecule has 1 aliphatic rings. The minimum Gasteiger partial charge on any atom is -0.370 e. The molecular formula is C26H24FN5O4S. The van der Waals surface area contributed by atoms with Gasteiger partial charge in [0.15, 0.2) is 5.82 Å². The topological polar surface area (TPSA) is 106 Å². The minimum atomic E-state index is -3.70. The highest BCUT2D eigenvalue weighted by atomic mass is 32.2. The molecule has 0 unspecified atom stereocenters. The third-order valence-electron chi connectivity index (χ3n) is 6.10. The van der Waals surface area contributed by atoms with E-state index in [1.807, 2.05) is 4.90 Å². The van der Waals surface area contributed by atoms with Crippen LogP contribution in [-0.2, 0) is 21.8 Å². The molecule has 3 heterocycles. The van der Waals surface area contributed by atoms with Crippen molar-refractivity contribution in [3.05, 3.63) is 101 Å². The average Bonchev–Trinajstić information content (AvgIpc) is 2.91. The number of rotatable bonds is 6. The fourth-order valence-electron chi connectivity index (χ4n) is 4.14. The zero-order chi connectivity index (χ0) is 26.0. The van der Waals surface area contributed by atoms with E-state index >= 15 is 0 Å². The standard InChI is InChI=1S/C26H24FN5O4S/c1-31-25(33)15-23(21-11-12-28-16-22(21)27)29-26(31)32-13-14-36-24(17-32)18-7-9-19(10-8-18)30-37(34,35)20-5-3-2-4-6-20/h2-12,15-16,24,30H,13-14,17H2,1H3/t24-/m1/s1. The molecule has 11 heteroatoms. The van der Waals surface area contributed by atoms with Gasteiger partial charge in [0.05, 0.1) is 29.9 Å². The van der Waals surface area contributed by atoms with Crippen molar-refractivity contribution in [3.8, 4) is 11.3 Å². The zero-order valence-corrected chi connectivity index (χ0v) is 20.7. The smallest absolute Gasteiger partial charge is 0.261 e. The SMILES string of the molecule is Cn1c(N2CCO[C@@H](c3ccc(NS(=O)(=O)c4ccccc4)cc3)C2)nc(-c2ccncc2F)cc1=O. The summed E-state index contributed by atoms with van der Waals surface area (Å²) in [5.74, 6) is -0.156. The van der Waals surface area contributed by atoms with Crippen LogP contribution in [0.1, 0.15) is 11.7 Å². The predicted octanol–water partition coefficient (Wildman–Crippen LogP) is 3.36. The van der Waals surface area contributed by atoms with Gasteiger partial charge in [0.2, 0.25) is 5.95 Å². The Morgan fingerprint density at radius 3 is 2.57 bits per heavy atom. The van der Waals surface area contributed by atoms with Crippen LogP contribution >= 0.6 is 0 Å². The molecule has 37 heavy (non-hydrogen) atoms. The van der Waals surface area contributed by atoms with Gasteiger partial charge in [-0.05, 0) is 35.9 Å². The highest BCUT2D eigenvalue weighted by Crippen LogP contribution is 2.28. The Morgan fingerprint density at radius 2 is 1.84 bits per heavy atom. The first-order valence-electron chi connectivity index (χ1n) is 11.5. The molecule has 190 valence electrons. The lowest BCUT2D eigenvalue weighted by atomic mass is 10.1. The largest absolute Gasteiger partial charge is 0.370 e. The Morgan fingerprint density at radius 1 is 1.08 bits per heavy atom. The number of benzene rings is 2. The van der Waals surface area contributed by atoms with Crippen molar-refractivity contribution >= 4 is 21.7 Å². The lowest BCUT2D eigenvalue weighted by Crippen LogP contribution is -2.41. The van der Waals surface area contributed by atoms with Gasteiger partial charge in [-0.2, -0.15) is 0 Å². The zero-order valence-electron chi connectivity index (χ0n) is 19.9. The second kappa shape index (κ2) is 10.1. The number of morpholine rings is 1. The second-order valence-electron chi connectivity index (χ2n) is 8.54. The summed E-state index contributed by atoms with van der Waals surface area (Å²) in [5.41, 5.74) is 1.39. The summed E-state index contributed by atoms with van der Waals surface area (Å²) in [6, 6.07) is 17.9. The van der Waals surface area contributed by atoms with Crippen LogP contribution in [0.15, 0.2) is 88.8 Å². The molecule has 0 saturated carbocycles. The first-order valence-corrected chi connectivity index (χ1v) is 13.0. The molecule has 1 saturated heterocycles. The number of anilines is 2. The third-order valence-corrected chi connectivity index (χ3v) is 7.49. The monoisotopic (exact) mass is 521 g/mol. The molecular weight excluding hydrogens is 497 g/mol. The van der Waals surface area contributed by atoms with E-state index in [1.165, 1.54) is 35.0 Å². The first-order chi connectivity index (χ1) is 17.8. The number of hydrogen-bond donors (Lipinski definition) is 1. The first kappa shape index (κ1) is 24.6. The molecule has 5 rings (SSSR count). The van der Waals surface area contributed by atoms with Crippen molar-refractivity contribution in [1.29, 1.82) is 0 Å². The fourth-order valence-corrected chi connectivity index (χ4v) is 5.22. The van der Waals surface area contributed by atoms with Crippen LogP contribution in [0.25, 0.3) is 11.3 Å². The number of hydrogen-bond acceptors (Lipinski definition) is 7. The Kier molecular flexibility index (Phi) is 6.72. The Labute approximate surface area is 213 Å². The van der Waals surface area contributed by atoms with Crippen molar-refractivity contribution in [1.82, 2.24) is 14.5 Å². The summed E-state index contributed by atoms with van der Waals surface area (Å²) in [7, 11) is -2.08. The molecule has 1 atom stereocenters. The van der Waals surface area contributed by atoms with Crippen molar-refractivity contribution < 1.29 is 17.5 Å². The van der Waals surface area contributed by atoms with Gasteiger partial charge < -0.3 is 9.64 Å². The molecule has 0 amide bonds. The van der Waals surface area contributed by atoms with Crippen LogP contribution in [0.4, 0.5) is 16.0 Å². The van der Waals surface area contributed by atoms with Crippen LogP contribution in [0.2, 0.25) is 0 Å². The van der Waals surface area contributed by atoms with Crippen molar-refractivity contribution in [2.75, 3.05) is 29.3 Å². The molecule has 1 aliphatic heterocycles. The second-order valence-corrected chi connectivity index (χ2v) is 10.2. The lowest BCUT2D eigenvalue weighted by molar-refractivity contribution is 0.0390. The molecule has 2 aromatic carbocycles. The van der Waals surface area contributed by atoms with Gasteiger partial charge >= 0.3 is 0 Å². The van der Waals surface area contributed by atoms with E-state index in [0.717, 1.165) is 11.8 Å². The van der Waals surface area contributed by atoms with Gasteiger partial charge in [0, 0.05) is 37.1 Å². The minimum absolute atomic E-state index is 0.178. The maximum absolute atomic E-state index is 14.3. The quantitative estimate of drug-likeness (QED) is 0.415. The van der Waals surface area contributed by atoms with Crippen LogP contribution in [0.3, 0.4) is 0 Å². The molecule has 1 fully saturated rings. The maximum Gasteiger partial charge on any atom is 0.261 e. The summed E-state index contributed by atoms with van der Waals surface area (Å²) in [6.45, 7) is 1.28. The summed E-state index contributed by atoms with van der Waals surface area (Å²) < 4.78 is 49.5. The molecule has 0 radical (unpaired) electrons. The van der Waals surface area contributed by atoms with E-state index in [0.29, 0.717) is 31.3 Å². The molecule has 0 spiro atoms. The lowest BCUT2D eigenvalue weighted by Gasteiger charge is -2.34. The highest BCUT2D eigenvalue weighted by Gasteiger charge is 2.26. The van der Waals surface area contributed by atoms with Gasteiger partial charge in [-0.25, -0.2) is 17.8 Å². The summed E-state index contributed by atoms with van der Waals surface area (Å²) in [5, 5.41) is 0. The number of sulfonamides is 1. The van der Waals surface area contributed by atoms with E-state index in [2.05, 4.69) is 14.7 Å². The van der Waals surface area contributed by atoms with E-state index in [9.17, 15) is 17.6 Å². The van der Waals surface area contributed by atoms with Crippen LogP contribution in [0, 0.1) is 5.82 Å². The van der Waals surface area contributed by atoms with Gasteiger partial charge in [0.25, 0.3) is 15.6 Å². The number of nitrogens with one attached hydrogen (secondary N) is 1. The van der Waals surface area contributed by atoms with E-state index in [1.54, 1.807) is 49.5 Å². The third kappa shape index (κ3) is 5.23. The Hall–Kier alpha value is -4.09. The summed E-state index contributed by atoms with van der Waals surface area (Å²) >= 11 is 0. The molecule has 0 aliphatic carbocycles. The van der Waals surface area contributed by atoms with Crippen molar-refractivity contribution in [3.63, 3.8) is 0 Å². The summed E-state index contributed by atoms with van der Waals surface area (Å²) in [6.07, 6.45) is 2.19. The number of pyridine rings is 1. The Balaban J connectivity index is 1.36. The molecule has 1 N–H and O–H groups in total. The number of ether oxygens (including phenoxy) is 1. The van der Waals surface area contributed by atoms with Gasteiger partial charge in [-0.1, -0.05) is 30.3 Å². The molecule has 9 nitrogen and oxygen atoms in total. The van der Waals surface area contributed by atoms with E-state index in [-0.39, 0.29) is 27.8 Å². The molecule has 0 bridgehead atoms. The average molecular weight is 522 g/mol. The maximum atomic E-state index is 14.3. The van der Waals surface area contributed by atoms with Crippen LogP contribution < -0.4 is 15.2 Å². The summed E-state index contributed by atoms with van der Waals surface area (Å²) in [4.78, 5) is 23.1. The van der Waals surface area contributed by atoms with E-state index in [4.69, 9.17) is 4.74 Å². The normalized spacial score (nSPS) is 15.9. The van der Waals surface area contributed by atoms with Gasteiger partial charge in [-0.15, -0.1) is 0 Å². The van der Waals surface area contributed by atoms with Crippen LogP contribution in [0.5, 0.6) is 0 Å². The number of halogens is 1. The van der Waals surface area contributed by atoms with Crippen LogP contribution in [-0.4, -0.2) is 42.6 Å². The number of aromatic nitrogens is 3. The van der Waals surface area contributed by atoms with Gasteiger partial charge in [-0.3, -0.25) is 19.1 Å². The van der Waals surface area contributed by atoms with Crippen molar-refractivity contribution in [2.24, 2.45) is 7.05 Å². The fraction of sp³-hybridized carbons (Fsp3) is 0.192.